The number of carbonyl (C=O) groups excluding carboxylic acids is 1. The molecular formula is C13H14N2OS. The number of thioether (sulfide) groups is 1. The summed E-state index contributed by atoms with van der Waals surface area (Å²) in [6.45, 7) is 2.05. The third kappa shape index (κ3) is 2.97. The van der Waals surface area contributed by atoms with Crippen molar-refractivity contribution in [3.05, 3.63) is 47.8 Å². The molecule has 0 spiro atoms. The molecule has 0 atom stereocenters. The van der Waals surface area contributed by atoms with Gasteiger partial charge in [0.25, 0.3) is 0 Å². The number of nitrogens with zero attached hydrogens (tertiary/aromatic N) is 2. The van der Waals surface area contributed by atoms with Crippen LogP contribution in [0.4, 0.5) is 0 Å². The third-order valence-electron chi connectivity index (χ3n) is 2.48. The number of carbonyl (C=O) groups is 1. The predicted octanol–water partition coefficient (Wildman–Crippen LogP) is 2.70. The smallest absolute Gasteiger partial charge is 0.176 e. The molecule has 88 valence electrons. The van der Waals surface area contributed by atoms with E-state index in [9.17, 15) is 4.79 Å². The van der Waals surface area contributed by atoms with E-state index in [0.29, 0.717) is 11.3 Å². The molecule has 0 aliphatic heterocycles. The summed E-state index contributed by atoms with van der Waals surface area (Å²) in [5.74, 6) is 0.572. The first-order valence-electron chi connectivity index (χ1n) is 5.37. The van der Waals surface area contributed by atoms with E-state index in [2.05, 4.69) is 18.1 Å². The topological polar surface area (TPSA) is 34.9 Å². The summed E-state index contributed by atoms with van der Waals surface area (Å²) in [5.41, 5.74) is 1.88. The molecule has 0 amide bonds. The predicted molar refractivity (Wildman–Crippen MR) is 69.4 cm³/mol. The summed E-state index contributed by atoms with van der Waals surface area (Å²) >= 11 is 1.57. The lowest BCUT2D eigenvalue weighted by Crippen LogP contribution is -2.01. The molecule has 0 radical (unpaired) electrons. The van der Waals surface area contributed by atoms with E-state index >= 15 is 0 Å². The lowest BCUT2D eigenvalue weighted by atomic mass is 10.2. The Hall–Kier alpha value is -1.55. The minimum Gasteiger partial charge on any atom is -0.293 e. The van der Waals surface area contributed by atoms with Gasteiger partial charge in [-0.15, -0.1) is 11.8 Å². The first-order chi connectivity index (χ1) is 8.16. The van der Waals surface area contributed by atoms with Gasteiger partial charge in [-0.3, -0.25) is 9.48 Å². The Morgan fingerprint density at radius 3 is 2.82 bits per heavy atom. The van der Waals surface area contributed by atoms with Gasteiger partial charge in [-0.25, -0.2) is 0 Å². The minimum absolute atomic E-state index is 0.117. The maximum Gasteiger partial charge on any atom is 0.176 e. The van der Waals surface area contributed by atoms with Crippen LogP contribution < -0.4 is 0 Å². The first-order valence-corrected chi connectivity index (χ1v) is 6.35. The van der Waals surface area contributed by atoms with Crippen molar-refractivity contribution in [2.45, 2.75) is 11.8 Å². The Morgan fingerprint density at radius 2 is 2.18 bits per heavy atom. The van der Waals surface area contributed by atoms with Crippen LogP contribution in [0.2, 0.25) is 0 Å². The summed E-state index contributed by atoms with van der Waals surface area (Å²) in [7, 11) is 1.81. The molecule has 1 aromatic carbocycles. The summed E-state index contributed by atoms with van der Waals surface area (Å²) in [5, 5.41) is 4.00. The highest BCUT2D eigenvalue weighted by molar-refractivity contribution is 8.00. The van der Waals surface area contributed by atoms with Crippen LogP contribution in [0.3, 0.4) is 0 Å². The van der Waals surface area contributed by atoms with Crippen molar-refractivity contribution in [2.24, 2.45) is 7.05 Å². The molecule has 3 nitrogen and oxygen atoms in total. The molecule has 1 aromatic heterocycles. The van der Waals surface area contributed by atoms with Gasteiger partial charge in [0.1, 0.15) is 0 Å². The van der Waals surface area contributed by atoms with Crippen LogP contribution in [0.15, 0.2) is 41.6 Å². The Morgan fingerprint density at radius 1 is 1.41 bits per heavy atom. The molecule has 17 heavy (non-hydrogen) atoms. The number of rotatable bonds is 4. The van der Waals surface area contributed by atoms with E-state index in [4.69, 9.17) is 0 Å². The van der Waals surface area contributed by atoms with Gasteiger partial charge >= 0.3 is 0 Å². The second-order valence-electron chi connectivity index (χ2n) is 3.88. The van der Waals surface area contributed by atoms with Gasteiger partial charge < -0.3 is 0 Å². The normalized spacial score (nSPS) is 10.5. The Labute approximate surface area is 105 Å². The van der Waals surface area contributed by atoms with E-state index in [1.807, 2.05) is 25.2 Å². The molecular weight excluding hydrogens is 232 g/mol. The van der Waals surface area contributed by atoms with Gasteiger partial charge in [0.15, 0.2) is 5.78 Å². The molecule has 4 heteroatoms. The van der Waals surface area contributed by atoms with Crippen LogP contribution in [0.25, 0.3) is 0 Å². The molecule has 0 saturated heterocycles. The summed E-state index contributed by atoms with van der Waals surface area (Å²) in [6, 6.07) is 8.08. The SMILES string of the molecule is Cc1ccccc1SCC(=O)c1cnn(C)c1. The van der Waals surface area contributed by atoms with Gasteiger partial charge in [0.2, 0.25) is 0 Å². The van der Waals surface area contributed by atoms with Crippen molar-refractivity contribution in [1.82, 2.24) is 9.78 Å². The van der Waals surface area contributed by atoms with Crippen molar-refractivity contribution in [1.29, 1.82) is 0 Å². The van der Waals surface area contributed by atoms with Crippen LogP contribution in [-0.4, -0.2) is 21.3 Å². The second-order valence-corrected chi connectivity index (χ2v) is 4.90. The fourth-order valence-corrected chi connectivity index (χ4v) is 2.43. The second kappa shape index (κ2) is 5.19. The van der Waals surface area contributed by atoms with Crippen molar-refractivity contribution < 1.29 is 4.79 Å². The van der Waals surface area contributed by atoms with E-state index in [-0.39, 0.29) is 5.78 Å². The number of hydrogen-bond donors (Lipinski definition) is 0. The average molecular weight is 246 g/mol. The highest BCUT2D eigenvalue weighted by Gasteiger charge is 2.09. The highest BCUT2D eigenvalue weighted by atomic mass is 32.2. The largest absolute Gasteiger partial charge is 0.293 e. The fourth-order valence-electron chi connectivity index (χ4n) is 1.51. The Balaban J connectivity index is 1.99. The average Bonchev–Trinajstić information content (AvgIpc) is 2.74. The van der Waals surface area contributed by atoms with Gasteiger partial charge in [-0.2, -0.15) is 5.10 Å². The molecule has 0 fully saturated rings. The number of aromatic nitrogens is 2. The zero-order valence-corrected chi connectivity index (χ0v) is 10.7. The van der Waals surface area contributed by atoms with Crippen LogP contribution in [0.5, 0.6) is 0 Å². The minimum atomic E-state index is 0.117. The van der Waals surface area contributed by atoms with Crippen molar-refractivity contribution in [3.8, 4) is 0 Å². The molecule has 0 N–H and O–H groups in total. The molecule has 0 aliphatic rings. The van der Waals surface area contributed by atoms with Gasteiger partial charge in [0.05, 0.1) is 17.5 Å². The molecule has 0 saturated carbocycles. The molecule has 2 aromatic rings. The number of aryl methyl sites for hydroxylation is 2. The van der Waals surface area contributed by atoms with E-state index < -0.39 is 0 Å². The molecule has 1 heterocycles. The van der Waals surface area contributed by atoms with E-state index in [0.717, 1.165) is 4.90 Å². The van der Waals surface area contributed by atoms with Crippen LogP contribution in [-0.2, 0) is 7.05 Å². The number of benzene rings is 1. The lowest BCUT2D eigenvalue weighted by molar-refractivity contribution is 0.102. The van der Waals surface area contributed by atoms with Gasteiger partial charge in [-0.05, 0) is 18.6 Å². The van der Waals surface area contributed by atoms with Crippen molar-refractivity contribution in [2.75, 3.05) is 5.75 Å². The van der Waals surface area contributed by atoms with Crippen molar-refractivity contribution in [3.63, 3.8) is 0 Å². The first kappa shape index (κ1) is 11.9. The van der Waals surface area contributed by atoms with E-state index in [1.54, 1.807) is 28.8 Å². The Kier molecular flexibility index (Phi) is 3.64. The summed E-state index contributed by atoms with van der Waals surface area (Å²) in [6.07, 6.45) is 3.36. The quantitative estimate of drug-likeness (QED) is 0.614. The zero-order chi connectivity index (χ0) is 12.3. The third-order valence-corrected chi connectivity index (χ3v) is 3.65. The molecule has 0 unspecified atom stereocenters. The lowest BCUT2D eigenvalue weighted by Gasteiger charge is -2.03. The summed E-state index contributed by atoms with van der Waals surface area (Å²) < 4.78 is 1.64. The number of Topliss-reactive ketones (excluding diaryl/α,β-unsaturated/α-hetero) is 1. The maximum atomic E-state index is 11.9. The van der Waals surface area contributed by atoms with Crippen LogP contribution in [0.1, 0.15) is 15.9 Å². The summed E-state index contributed by atoms with van der Waals surface area (Å²) in [4.78, 5) is 13.0. The van der Waals surface area contributed by atoms with Crippen molar-refractivity contribution >= 4 is 17.5 Å². The molecule has 2 rings (SSSR count). The van der Waals surface area contributed by atoms with Gasteiger partial charge in [0, 0.05) is 18.1 Å². The molecule has 0 aliphatic carbocycles. The monoisotopic (exact) mass is 246 g/mol. The van der Waals surface area contributed by atoms with Crippen LogP contribution in [0, 0.1) is 6.92 Å². The maximum absolute atomic E-state index is 11.9. The fraction of sp³-hybridized carbons (Fsp3) is 0.231. The number of ketones is 1. The zero-order valence-electron chi connectivity index (χ0n) is 9.88. The van der Waals surface area contributed by atoms with E-state index in [1.165, 1.54) is 5.56 Å². The van der Waals surface area contributed by atoms with Crippen LogP contribution >= 0.6 is 11.8 Å². The highest BCUT2D eigenvalue weighted by Crippen LogP contribution is 2.22. The standard InChI is InChI=1S/C13H14N2OS/c1-10-5-3-4-6-13(10)17-9-12(16)11-7-14-15(2)8-11/h3-8H,9H2,1-2H3. The molecule has 0 bridgehead atoms. The van der Waals surface area contributed by atoms with Gasteiger partial charge in [-0.1, -0.05) is 18.2 Å². The number of hydrogen-bond acceptors (Lipinski definition) is 3. The Bertz CT molecular complexity index is 534.